The van der Waals surface area contributed by atoms with Crippen molar-refractivity contribution in [1.29, 1.82) is 0 Å². The number of amides is 1. The standard InChI is InChI=1S/C19H36F3NO2/c1-2-3-4-5-6-7-8-9-10-11-12-13-17(19(20,21)22)16-18(25)23-14-15-24/h17,24H,2-16H2,1H3,(H,23,25). The van der Waals surface area contributed by atoms with Gasteiger partial charge in [0.2, 0.25) is 5.91 Å². The number of aliphatic hydroxyl groups excluding tert-OH is 1. The van der Waals surface area contributed by atoms with Gasteiger partial charge in [-0.25, -0.2) is 0 Å². The van der Waals surface area contributed by atoms with Crippen LogP contribution in [0.25, 0.3) is 0 Å². The average molecular weight is 367 g/mol. The van der Waals surface area contributed by atoms with E-state index in [0.717, 1.165) is 19.3 Å². The Labute approximate surface area is 150 Å². The van der Waals surface area contributed by atoms with Gasteiger partial charge >= 0.3 is 6.18 Å². The Hall–Kier alpha value is -0.780. The van der Waals surface area contributed by atoms with Crippen molar-refractivity contribution >= 4 is 5.91 Å². The summed E-state index contributed by atoms with van der Waals surface area (Å²) >= 11 is 0. The van der Waals surface area contributed by atoms with Gasteiger partial charge in [0.15, 0.2) is 0 Å². The van der Waals surface area contributed by atoms with E-state index in [9.17, 15) is 18.0 Å². The summed E-state index contributed by atoms with van der Waals surface area (Å²) < 4.78 is 38.9. The molecule has 150 valence electrons. The Morgan fingerprint density at radius 3 is 1.84 bits per heavy atom. The van der Waals surface area contributed by atoms with E-state index in [1.807, 2.05) is 0 Å². The van der Waals surface area contributed by atoms with Gasteiger partial charge in [0.25, 0.3) is 0 Å². The van der Waals surface area contributed by atoms with Gasteiger partial charge in [-0.05, 0) is 6.42 Å². The Balaban J connectivity index is 3.73. The lowest BCUT2D eigenvalue weighted by Crippen LogP contribution is -2.33. The van der Waals surface area contributed by atoms with E-state index in [2.05, 4.69) is 12.2 Å². The van der Waals surface area contributed by atoms with Gasteiger partial charge in [0.05, 0.1) is 12.5 Å². The summed E-state index contributed by atoms with van der Waals surface area (Å²) in [7, 11) is 0. The molecule has 0 aromatic heterocycles. The molecule has 0 saturated heterocycles. The molecule has 0 saturated carbocycles. The van der Waals surface area contributed by atoms with Crippen LogP contribution in [0.5, 0.6) is 0 Å². The molecule has 0 rings (SSSR count). The predicted octanol–water partition coefficient (Wildman–Crippen LogP) is 5.36. The minimum atomic E-state index is -4.34. The van der Waals surface area contributed by atoms with Crippen LogP contribution < -0.4 is 5.32 Å². The SMILES string of the molecule is CCCCCCCCCCCCCC(CC(=O)NCCO)C(F)(F)F. The summed E-state index contributed by atoms with van der Waals surface area (Å²) in [4.78, 5) is 11.4. The fourth-order valence-corrected chi connectivity index (χ4v) is 2.93. The third-order valence-corrected chi connectivity index (χ3v) is 4.48. The van der Waals surface area contributed by atoms with Crippen molar-refractivity contribution in [2.45, 2.75) is 96.6 Å². The molecule has 0 bridgehead atoms. The molecular formula is C19H36F3NO2. The van der Waals surface area contributed by atoms with Crippen LogP contribution in [0, 0.1) is 5.92 Å². The molecule has 0 aromatic rings. The Morgan fingerprint density at radius 1 is 0.920 bits per heavy atom. The van der Waals surface area contributed by atoms with Gasteiger partial charge in [-0.3, -0.25) is 4.79 Å². The van der Waals surface area contributed by atoms with Crippen LogP contribution in [0.4, 0.5) is 13.2 Å². The number of alkyl halides is 3. The van der Waals surface area contributed by atoms with Gasteiger partial charge in [-0.2, -0.15) is 13.2 Å². The molecule has 0 aliphatic heterocycles. The number of unbranched alkanes of at least 4 members (excludes halogenated alkanes) is 10. The van der Waals surface area contributed by atoms with Gasteiger partial charge in [0.1, 0.15) is 0 Å². The summed E-state index contributed by atoms with van der Waals surface area (Å²) in [6, 6.07) is 0. The zero-order valence-electron chi connectivity index (χ0n) is 15.7. The van der Waals surface area contributed by atoms with Crippen molar-refractivity contribution in [2.75, 3.05) is 13.2 Å². The molecule has 0 radical (unpaired) electrons. The maximum absolute atomic E-state index is 13.0. The van der Waals surface area contributed by atoms with Crippen LogP contribution in [-0.4, -0.2) is 30.3 Å². The highest BCUT2D eigenvalue weighted by molar-refractivity contribution is 5.76. The maximum atomic E-state index is 13.0. The number of carbonyl (C=O) groups excluding carboxylic acids is 1. The molecule has 0 heterocycles. The Morgan fingerprint density at radius 2 is 1.40 bits per heavy atom. The van der Waals surface area contributed by atoms with Crippen LogP contribution in [0.1, 0.15) is 90.4 Å². The summed E-state index contributed by atoms with van der Waals surface area (Å²) in [5, 5.41) is 10.9. The van der Waals surface area contributed by atoms with Crippen LogP contribution in [0.3, 0.4) is 0 Å². The first-order chi connectivity index (χ1) is 11.9. The number of nitrogens with one attached hydrogen (secondary N) is 1. The number of hydrogen-bond donors (Lipinski definition) is 2. The quantitative estimate of drug-likeness (QED) is 0.361. The van der Waals surface area contributed by atoms with Gasteiger partial charge in [-0.15, -0.1) is 0 Å². The molecule has 0 aliphatic carbocycles. The molecule has 25 heavy (non-hydrogen) atoms. The summed E-state index contributed by atoms with van der Waals surface area (Å²) in [5.74, 6) is -2.22. The zero-order chi connectivity index (χ0) is 19.0. The van der Waals surface area contributed by atoms with Crippen molar-refractivity contribution in [3.8, 4) is 0 Å². The second-order valence-corrected chi connectivity index (χ2v) is 6.84. The summed E-state index contributed by atoms with van der Waals surface area (Å²) in [6.07, 6.45) is 7.29. The van der Waals surface area contributed by atoms with E-state index < -0.39 is 24.4 Å². The van der Waals surface area contributed by atoms with Crippen LogP contribution >= 0.6 is 0 Å². The van der Waals surface area contributed by atoms with E-state index in [-0.39, 0.29) is 19.6 Å². The third-order valence-electron chi connectivity index (χ3n) is 4.48. The molecular weight excluding hydrogens is 331 g/mol. The summed E-state index contributed by atoms with van der Waals surface area (Å²) in [6.45, 7) is 1.94. The molecule has 0 spiro atoms. The minimum absolute atomic E-state index is 0.00184. The second-order valence-electron chi connectivity index (χ2n) is 6.84. The minimum Gasteiger partial charge on any atom is -0.395 e. The van der Waals surface area contributed by atoms with Gasteiger partial charge < -0.3 is 10.4 Å². The molecule has 1 atom stereocenters. The van der Waals surface area contributed by atoms with Crippen molar-refractivity contribution in [1.82, 2.24) is 5.32 Å². The van der Waals surface area contributed by atoms with Gasteiger partial charge in [0, 0.05) is 13.0 Å². The molecule has 2 N–H and O–H groups in total. The fraction of sp³-hybridized carbons (Fsp3) is 0.947. The zero-order valence-corrected chi connectivity index (χ0v) is 15.7. The fourth-order valence-electron chi connectivity index (χ4n) is 2.93. The molecule has 0 fully saturated rings. The molecule has 0 aliphatic rings. The number of rotatable bonds is 16. The van der Waals surface area contributed by atoms with E-state index in [0.29, 0.717) is 6.42 Å². The van der Waals surface area contributed by atoms with E-state index in [4.69, 9.17) is 5.11 Å². The van der Waals surface area contributed by atoms with E-state index >= 15 is 0 Å². The lowest BCUT2D eigenvalue weighted by atomic mass is 9.96. The molecule has 1 unspecified atom stereocenters. The lowest BCUT2D eigenvalue weighted by Gasteiger charge is -2.19. The Kier molecular flexibility index (Phi) is 15.0. The van der Waals surface area contributed by atoms with Crippen molar-refractivity contribution < 1.29 is 23.1 Å². The average Bonchev–Trinajstić information content (AvgIpc) is 2.55. The number of aliphatic hydroxyl groups is 1. The number of carbonyl (C=O) groups is 1. The monoisotopic (exact) mass is 367 g/mol. The smallest absolute Gasteiger partial charge is 0.392 e. The molecule has 6 heteroatoms. The van der Waals surface area contributed by atoms with Gasteiger partial charge in [-0.1, -0.05) is 77.6 Å². The first-order valence-electron chi connectivity index (χ1n) is 9.86. The van der Waals surface area contributed by atoms with Crippen molar-refractivity contribution in [2.24, 2.45) is 5.92 Å². The van der Waals surface area contributed by atoms with Crippen LogP contribution in [-0.2, 0) is 4.79 Å². The molecule has 1 amide bonds. The summed E-state index contributed by atoms with van der Waals surface area (Å²) in [5.41, 5.74) is 0. The first kappa shape index (κ1) is 24.2. The predicted molar refractivity (Wildman–Crippen MR) is 95.3 cm³/mol. The third kappa shape index (κ3) is 15.2. The maximum Gasteiger partial charge on any atom is 0.392 e. The second kappa shape index (κ2) is 15.5. The van der Waals surface area contributed by atoms with Crippen LogP contribution in [0.2, 0.25) is 0 Å². The van der Waals surface area contributed by atoms with E-state index in [1.54, 1.807) is 0 Å². The largest absolute Gasteiger partial charge is 0.395 e. The highest BCUT2D eigenvalue weighted by atomic mass is 19.4. The number of halogens is 3. The number of hydrogen-bond acceptors (Lipinski definition) is 2. The normalized spacial score (nSPS) is 13.0. The van der Waals surface area contributed by atoms with Crippen molar-refractivity contribution in [3.63, 3.8) is 0 Å². The van der Waals surface area contributed by atoms with E-state index in [1.165, 1.54) is 44.9 Å². The highest BCUT2D eigenvalue weighted by Crippen LogP contribution is 2.33. The molecule has 0 aromatic carbocycles. The highest BCUT2D eigenvalue weighted by Gasteiger charge is 2.40. The topological polar surface area (TPSA) is 49.3 Å². The lowest BCUT2D eigenvalue weighted by molar-refractivity contribution is -0.180. The first-order valence-corrected chi connectivity index (χ1v) is 9.86. The van der Waals surface area contributed by atoms with Crippen LogP contribution in [0.15, 0.2) is 0 Å². The van der Waals surface area contributed by atoms with Crippen molar-refractivity contribution in [3.05, 3.63) is 0 Å². The molecule has 3 nitrogen and oxygen atoms in total. The Bertz CT molecular complexity index is 322.